The first-order chi connectivity index (χ1) is 14.4. The summed E-state index contributed by atoms with van der Waals surface area (Å²) in [7, 11) is 0. The third-order valence-corrected chi connectivity index (χ3v) is 6.27. The van der Waals surface area contributed by atoms with Crippen molar-refractivity contribution >= 4 is 23.0 Å². The van der Waals surface area contributed by atoms with E-state index >= 15 is 0 Å². The summed E-state index contributed by atoms with van der Waals surface area (Å²) in [6.45, 7) is 5.91. The highest BCUT2D eigenvalue weighted by atomic mass is 32.1. The highest BCUT2D eigenvalue weighted by molar-refractivity contribution is 7.17. The number of carbonyl (C=O) groups excluding carboxylic acids is 2. The van der Waals surface area contributed by atoms with Crippen LogP contribution in [-0.4, -0.2) is 33.2 Å². The maximum Gasteiger partial charge on any atom is 0.290 e. The zero-order chi connectivity index (χ0) is 21.4. The summed E-state index contributed by atoms with van der Waals surface area (Å²) in [5.74, 6) is -0.318. The molecule has 7 heteroatoms. The van der Waals surface area contributed by atoms with Gasteiger partial charge in [-0.25, -0.2) is 4.98 Å². The summed E-state index contributed by atoms with van der Waals surface area (Å²) in [6.07, 6.45) is 0.689. The fourth-order valence-electron chi connectivity index (χ4n) is 3.69. The second-order valence-electron chi connectivity index (χ2n) is 7.24. The summed E-state index contributed by atoms with van der Waals surface area (Å²) in [5.41, 5.74) is 1.53. The van der Waals surface area contributed by atoms with Crippen LogP contribution < -0.4 is 0 Å². The van der Waals surface area contributed by atoms with E-state index in [0.717, 1.165) is 10.6 Å². The number of carbonyl (C=O) groups is 2. The van der Waals surface area contributed by atoms with Gasteiger partial charge in [0.25, 0.3) is 5.91 Å². The Morgan fingerprint density at radius 3 is 2.57 bits per heavy atom. The van der Waals surface area contributed by atoms with Gasteiger partial charge in [0.1, 0.15) is 22.6 Å². The van der Waals surface area contributed by atoms with Gasteiger partial charge in [-0.3, -0.25) is 9.59 Å². The number of aryl methyl sites for hydroxylation is 2. The first-order valence-electron chi connectivity index (χ1n) is 9.80. The van der Waals surface area contributed by atoms with Crippen molar-refractivity contribution in [2.24, 2.45) is 0 Å². The maximum atomic E-state index is 13.5. The van der Waals surface area contributed by atoms with Crippen molar-refractivity contribution in [1.29, 1.82) is 0 Å². The van der Waals surface area contributed by atoms with Crippen molar-refractivity contribution in [3.05, 3.63) is 75.9 Å². The second-order valence-corrected chi connectivity index (χ2v) is 8.24. The van der Waals surface area contributed by atoms with Gasteiger partial charge in [-0.1, -0.05) is 37.3 Å². The van der Waals surface area contributed by atoms with Gasteiger partial charge in [0.15, 0.2) is 5.76 Å². The lowest BCUT2D eigenvalue weighted by atomic mass is 9.99. The van der Waals surface area contributed by atoms with Gasteiger partial charge in [-0.05, 0) is 32.4 Å². The number of rotatable bonds is 6. The number of amides is 1. The molecular formula is C23H22N2O4S. The molecule has 1 amide bonds. The number of nitrogens with zero attached hydrogens (tertiary/aromatic N) is 2. The molecule has 1 N–H and O–H groups in total. The van der Waals surface area contributed by atoms with E-state index in [4.69, 9.17) is 4.42 Å². The zero-order valence-electron chi connectivity index (χ0n) is 17.0. The summed E-state index contributed by atoms with van der Waals surface area (Å²) in [4.78, 5) is 32.7. The van der Waals surface area contributed by atoms with Gasteiger partial charge in [-0.2, -0.15) is 0 Å². The average molecular weight is 423 g/mol. The van der Waals surface area contributed by atoms with Crippen LogP contribution in [0.5, 0.6) is 0 Å². The highest BCUT2D eigenvalue weighted by Gasteiger charge is 2.45. The molecule has 2 aromatic heterocycles. The molecular weight excluding hydrogens is 400 g/mol. The molecule has 1 aromatic carbocycles. The van der Waals surface area contributed by atoms with Gasteiger partial charge in [-0.15, -0.1) is 11.3 Å². The fourth-order valence-corrected chi connectivity index (χ4v) is 4.71. The van der Waals surface area contributed by atoms with Crippen LogP contribution in [0.2, 0.25) is 0 Å². The Balaban J connectivity index is 1.78. The van der Waals surface area contributed by atoms with E-state index in [1.54, 1.807) is 26.0 Å². The number of Topliss-reactive ketones (excluding diaryl/α,β-unsaturated/α-hetero) is 1. The minimum absolute atomic E-state index is 0.0501. The Morgan fingerprint density at radius 2 is 1.93 bits per heavy atom. The highest BCUT2D eigenvalue weighted by Crippen LogP contribution is 2.41. The van der Waals surface area contributed by atoms with Crippen LogP contribution in [0.4, 0.5) is 0 Å². The van der Waals surface area contributed by atoms with Crippen molar-refractivity contribution in [1.82, 2.24) is 9.88 Å². The number of hydrogen-bond acceptors (Lipinski definition) is 6. The van der Waals surface area contributed by atoms with E-state index in [1.165, 1.54) is 16.2 Å². The fraction of sp³-hybridized carbons (Fsp3) is 0.261. The monoisotopic (exact) mass is 422 g/mol. The number of aromatic nitrogens is 1. The van der Waals surface area contributed by atoms with Gasteiger partial charge in [0.05, 0.1) is 16.1 Å². The first-order valence-corrected chi connectivity index (χ1v) is 10.6. The van der Waals surface area contributed by atoms with E-state index in [9.17, 15) is 14.7 Å². The summed E-state index contributed by atoms with van der Waals surface area (Å²) in [6, 6.07) is 12.4. The van der Waals surface area contributed by atoms with Crippen LogP contribution in [0.25, 0.3) is 10.6 Å². The molecule has 1 aliphatic rings. The average Bonchev–Trinajstić information content (AvgIpc) is 3.41. The lowest BCUT2D eigenvalue weighted by molar-refractivity contribution is -0.129. The van der Waals surface area contributed by atoms with E-state index in [2.05, 4.69) is 4.98 Å². The molecule has 154 valence electrons. The van der Waals surface area contributed by atoms with Crippen molar-refractivity contribution in [2.45, 2.75) is 33.2 Å². The largest absolute Gasteiger partial charge is 0.503 e. The van der Waals surface area contributed by atoms with Gasteiger partial charge < -0.3 is 14.4 Å². The minimum Gasteiger partial charge on any atom is -0.503 e. The van der Waals surface area contributed by atoms with Gasteiger partial charge in [0, 0.05) is 12.1 Å². The van der Waals surface area contributed by atoms with Crippen molar-refractivity contribution in [2.75, 3.05) is 6.54 Å². The predicted octanol–water partition coefficient (Wildman–Crippen LogP) is 5.01. The smallest absolute Gasteiger partial charge is 0.290 e. The molecule has 0 bridgehead atoms. The Morgan fingerprint density at radius 1 is 1.20 bits per heavy atom. The number of hydrogen-bond donors (Lipinski definition) is 1. The quantitative estimate of drug-likeness (QED) is 0.565. The Kier molecular flexibility index (Phi) is 5.30. The molecule has 1 atom stereocenters. The number of aliphatic hydroxyl groups is 1. The SMILES string of the molecule is CCCN1C(=O)C(O)=C(C(=O)c2sc(-c3ccccc3)nc2C)C1c1ccc(C)o1. The first kappa shape index (κ1) is 20.1. The standard InChI is InChI=1S/C23H22N2O4S/c1-4-12-25-18(16-11-10-13(2)29-16)17(20(27)23(25)28)19(26)21-14(3)24-22(30-21)15-8-6-5-7-9-15/h5-11,18,27H,4,12H2,1-3H3. The minimum atomic E-state index is -0.750. The molecule has 4 rings (SSSR count). The topological polar surface area (TPSA) is 83.6 Å². The second kappa shape index (κ2) is 7.91. The summed E-state index contributed by atoms with van der Waals surface area (Å²) >= 11 is 1.26. The molecule has 0 aliphatic carbocycles. The lowest BCUT2D eigenvalue weighted by Gasteiger charge is -2.24. The van der Waals surface area contributed by atoms with Gasteiger partial charge in [0.2, 0.25) is 5.78 Å². The summed E-state index contributed by atoms with van der Waals surface area (Å²) in [5, 5.41) is 11.4. The van der Waals surface area contributed by atoms with E-state index < -0.39 is 23.5 Å². The molecule has 0 saturated heterocycles. The predicted molar refractivity (Wildman–Crippen MR) is 114 cm³/mol. The third-order valence-electron chi connectivity index (χ3n) is 5.07. The van der Waals surface area contributed by atoms with E-state index in [1.807, 2.05) is 37.3 Å². The third kappa shape index (κ3) is 3.35. The lowest BCUT2D eigenvalue weighted by Crippen LogP contribution is -2.31. The van der Waals surface area contributed by atoms with Crippen molar-refractivity contribution in [3.63, 3.8) is 0 Å². The zero-order valence-corrected chi connectivity index (χ0v) is 17.8. The van der Waals surface area contributed by atoms with Crippen LogP contribution in [0.15, 0.2) is 58.2 Å². The molecule has 0 spiro atoms. The van der Waals surface area contributed by atoms with Crippen molar-refractivity contribution in [3.8, 4) is 10.6 Å². The van der Waals surface area contributed by atoms with Crippen LogP contribution in [0, 0.1) is 13.8 Å². The molecule has 3 heterocycles. The molecule has 3 aromatic rings. The molecule has 30 heavy (non-hydrogen) atoms. The molecule has 6 nitrogen and oxygen atoms in total. The summed E-state index contributed by atoms with van der Waals surface area (Å²) < 4.78 is 5.76. The van der Waals surface area contributed by atoms with Crippen LogP contribution >= 0.6 is 11.3 Å². The normalized spacial score (nSPS) is 16.6. The van der Waals surface area contributed by atoms with Gasteiger partial charge >= 0.3 is 0 Å². The number of ketones is 1. The molecule has 1 aliphatic heterocycles. The molecule has 1 unspecified atom stereocenters. The Hall–Kier alpha value is -3.19. The van der Waals surface area contributed by atoms with E-state index in [0.29, 0.717) is 35.1 Å². The maximum absolute atomic E-state index is 13.5. The van der Waals surface area contributed by atoms with Crippen LogP contribution in [0.3, 0.4) is 0 Å². The van der Waals surface area contributed by atoms with E-state index in [-0.39, 0.29) is 5.57 Å². The van der Waals surface area contributed by atoms with Crippen LogP contribution in [0.1, 0.15) is 46.3 Å². The molecule has 0 radical (unpaired) electrons. The number of benzene rings is 1. The molecule has 0 fully saturated rings. The number of thiazole rings is 1. The Bertz CT molecular complexity index is 1140. The molecule has 0 saturated carbocycles. The van der Waals surface area contributed by atoms with Crippen LogP contribution in [-0.2, 0) is 4.79 Å². The number of furan rings is 1. The van der Waals surface area contributed by atoms with Crippen molar-refractivity contribution < 1.29 is 19.1 Å². The Labute approximate surface area is 178 Å². The number of aliphatic hydroxyl groups excluding tert-OH is 1.